The van der Waals surface area contributed by atoms with Crippen molar-refractivity contribution in [2.24, 2.45) is 0 Å². The lowest BCUT2D eigenvalue weighted by molar-refractivity contribution is 0.613. The zero-order chi connectivity index (χ0) is 26.2. The zero-order valence-electron chi connectivity index (χ0n) is 21.5. The van der Waals surface area contributed by atoms with Crippen LogP contribution in [-0.2, 0) is 0 Å². The molecule has 0 spiro atoms. The van der Waals surface area contributed by atoms with Gasteiger partial charge in [0.25, 0.3) is 0 Å². The number of benzene rings is 7. The fraction of sp³-hybridized carbons (Fsp3) is 0. The van der Waals surface area contributed by atoms with Crippen LogP contribution in [0, 0.1) is 0 Å². The maximum atomic E-state index is 6.62. The van der Waals surface area contributed by atoms with Crippen LogP contribution in [0.25, 0.3) is 87.5 Å². The summed E-state index contributed by atoms with van der Waals surface area (Å²) < 4.78 is 12.3. The molecule has 0 aliphatic heterocycles. The highest BCUT2D eigenvalue weighted by Crippen LogP contribution is 2.47. The van der Waals surface area contributed by atoms with Crippen molar-refractivity contribution in [2.45, 2.75) is 0 Å². The molecule has 0 N–H and O–H groups in total. The van der Waals surface area contributed by atoms with Gasteiger partial charge >= 0.3 is 0 Å². The third-order valence-electron chi connectivity index (χ3n) is 8.31. The van der Waals surface area contributed by atoms with E-state index in [1.54, 1.807) is 6.26 Å². The highest BCUT2D eigenvalue weighted by Gasteiger charge is 2.20. The Morgan fingerprint density at radius 1 is 0.400 bits per heavy atom. The van der Waals surface area contributed by atoms with E-state index in [0.29, 0.717) is 0 Å². The van der Waals surface area contributed by atoms with E-state index in [1.165, 1.54) is 49.0 Å². The maximum absolute atomic E-state index is 6.62. The summed E-state index contributed by atoms with van der Waals surface area (Å²) >= 11 is 0. The monoisotopic (exact) mass is 510 g/mol. The molecule has 9 aromatic rings. The quantitative estimate of drug-likeness (QED) is 0.216. The number of furan rings is 2. The van der Waals surface area contributed by atoms with Crippen LogP contribution in [0.5, 0.6) is 0 Å². The molecule has 0 amide bonds. The first-order valence-corrected chi connectivity index (χ1v) is 13.6. The molecule has 40 heavy (non-hydrogen) atoms. The van der Waals surface area contributed by atoms with Crippen molar-refractivity contribution in [3.05, 3.63) is 134 Å². The molecule has 0 fully saturated rings. The molecule has 9 rings (SSSR count). The predicted molar refractivity (Wildman–Crippen MR) is 167 cm³/mol. The highest BCUT2D eigenvalue weighted by molar-refractivity contribution is 6.24. The van der Waals surface area contributed by atoms with Crippen LogP contribution >= 0.6 is 0 Å². The number of hydrogen-bond donors (Lipinski definition) is 0. The van der Waals surface area contributed by atoms with Crippen LogP contribution in [0.3, 0.4) is 0 Å². The van der Waals surface area contributed by atoms with E-state index < -0.39 is 0 Å². The van der Waals surface area contributed by atoms with Gasteiger partial charge in [0.2, 0.25) is 0 Å². The van der Waals surface area contributed by atoms with E-state index in [4.69, 9.17) is 8.83 Å². The fourth-order valence-electron chi connectivity index (χ4n) is 6.53. The molecule has 0 aliphatic rings. The number of hydrogen-bond acceptors (Lipinski definition) is 2. The van der Waals surface area contributed by atoms with Crippen molar-refractivity contribution in [1.29, 1.82) is 0 Å². The summed E-state index contributed by atoms with van der Waals surface area (Å²) in [7, 11) is 0. The largest absolute Gasteiger partial charge is 0.464 e. The van der Waals surface area contributed by atoms with Gasteiger partial charge in [-0.3, -0.25) is 0 Å². The van der Waals surface area contributed by atoms with Crippen LogP contribution in [0.2, 0.25) is 0 Å². The average molecular weight is 511 g/mol. The van der Waals surface area contributed by atoms with E-state index in [2.05, 4.69) is 115 Å². The standard InChI is InChI=1S/C38H22O2/c1-2-9-24-20-26(17-16-23(24)8-1)36-27-10-3-5-12-29(27)37(30-13-6-4-11-28(30)36)32-15-7-14-31-33-21-25-18-19-39-34(25)22-35(33)40-38(31)32/h1-22H. The minimum absolute atomic E-state index is 0.837. The lowest BCUT2D eigenvalue weighted by atomic mass is 9.85. The second-order valence-corrected chi connectivity index (χ2v) is 10.5. The van der Waals surface area contributed by atoms with E-state index in [-0.39, 0.29) is 0 Å². The minimum Gasteiger partial charge on any atom is -0.464 e. The molecule has 0 saturated heterocycles. The van der Waals surface area contributed by atoms with Crippen LogP contribution in [0.4, 0.5) is 0 Å². The third kappa shape index (κ3) is 2.99. The molecule has 0 saturated carbocycles. The molecular formula is C38H22O2. The molecule has 2 heterocycles. The van der Waals surface area contributed by atoms with E-state index in [9.17, 15) is 0 Å². The van der Waals surface area contributed by atoms with E-state index in [1.807, 2.05) is 12.1 Å². The van der Waals surface area contributed by atoms with Crippen molar-refractivity contribution in [3.8, 4) is 22.3 Å². The Balaban J connectivity index is 1.41. The lowest BCUT2D eigenvalue weighted by Gasteiger charge is -2.18. The van der Waals surface area contributed by atoms with Gasteiger partial charge in [0, 0.05) is 33.4 Å². The molecule has 7 aromatic carbocycles. The molecule has 0 aliphatic carbocycles. The summed E-state index contributed by atoms with van der Waals surface area (Å²) in [6.45, 7) is 0. The smallest absolute Gasteiger partial charge is 0.143 e. The van der Waals surface area contributed by atoms with Gasteiger partial charge in [-0.2, -0.15) is 0 Å². The maximum Gasteiger partial charge on any atom is 0.143 e. The Bertz CT molecular complexity index is 2380. The summed E-state index contributed by atoms with van der Waals surface area (Å²) in [6.07, 6.45) is 1.73. The van der Waals surface area contributed by atoms with Crippen molar-refractivity contribution in [3.63, 3.8) is 0 Å². The Morgan fingerprint density at radius 3 is 1.85 bits per heavy atom. The molecule has 2 aromatic heterocycles. The molecule has 2 heteroatoms. The Morgan fingerprint density at radius 2 is 1.07 bits per heavy atom. The van der Waals surface area contributed by atoms with Crippen molar-refractivity contribution in [1.82, 2.24) is 0 Å². The summed E-state index contributed by atoms with van der Waals surface area (Å²) in [5.41, 5.74) is 7.36. The molecule has 0 bridgehead atoms. The zero-order valence-corrected chi connectivity index (χ0v) is 21.5. The first-order valence-electron chi connectivity index (χ1n) is 13.6. The van der Waals surface area contributed by atoms with E-state index in [0.717, 1.165) is 38.5 Å². The third-order valence-corrected chi connectivity index (χ3v) is 8.31. The predicted octanol–water partition coefficient (Wildman–Crippen LogP) is 11.1. The van der Waals surface area contributed by atoms with Crippen molar-refractivity contribution >= 4 is 65.2 Å². The van der Waals surface area contributed by atoms with Gasteiger partial charge in [-0.25, -0.2) is 0 Å². The molecule has 0 atom stereocenters. The van der Waals surface area contributed by atoms with Gasteiger partial charge in [0.05, 0.1) is 6.26 Å². The Hall–Kier alpha value is -5.34. The van der Waals surface area contributed by atoms with Gasteiger partial charge in [-0.05, 0) is 61.6 Å². The van der Waals surface area contributed by atoms with Gasteiger partial charge in [0.1, 0.15) is 16.7 Å². The van der Waals surface area contributed by atoms with Crippen LogP contribution < -0.4 is 0 Å². The number of para-hydroxylation sites is 1. The van der Waals surface area contributed by atoms with Crippen LogP contribution in [0.15, 0.2) is 142 Å². The summed E-state index contributed by atoms with van der Waals surface area (Å²) in [5.74, 6) is 0. The first kappa shape index (κ1) is 21.6. The van der Waals surface area contributed by atoms with Gasteiger partial charge in [0.15, 0.2) is 0 Å². The van der Waals surface area contributed by atoms with Crippen LogP contribution in [0.1, 0.15) is 0 Å². The summed E-state index contributed by atoms with van der Waals surface area (Å²) in [5, 5.41) is 10.7. The molecule has 2 nitrogen and oxygen atoms in total. The molecule has 0 radical (unpaired) electrons. The molecule has 186 valence electrons. The van der Waals surface area contributed by atoms with Crippen molar-refractivity contribution in [2.75, 3.05) is 0 Å². The second-order valence-electron chi connectivity index (χ2n) is 10.5. The molecule has 0 unspecified atom stereocenters. The second kappa shape index (κ2) is 8.08. The minimum atomic E-state index is 0.837. The summed E-state index contributed by atoms with van der Waals surface area (Å²) in [4.78, 5) is 0. The van der Waals surface area contributed by atoms with E-state index >= 15 is 0 Å². The molecular weight excluding hydrogens is 488 g/mol. The van der Waals surface area contributed by atoms with Crippen molar-refractivity contribution < 1.29 is 8.83 Å². The van der Waals surface area contributed by atoms with Gasteiger partial charge in [-0.1, -0.05) is 103 Å². The summed E-state index contributed by atoms with van der Waals surface area (Å²) in [6, 6.07) is 45.6. The number of fused-ring (bicyclic) bond motifs is 7. The SMILES string of the molecule is c1ccc2cc(-c3c4ccccc4c(-c4cccc5c4oc4cc6occc6cc45)c4ccccc34)ccc2c1. The first-order chi connectivity index (χ1) is 19.8. The highest BCUT2D eigenvalue weighted by atomic mass is 16.3. The Kier molecular flexibility index (Phi) is 4.36. The topological polar surface area (TPSA) is 26.3 Å². The van der Waals surface area contributed by atoms with Gasteiger partial charge < -0.3 is 8.83 Å². The lowest BCUT2D eigenvalue weighted by Crippen LogP contribution is -1.91. The number of rotatable bonds is 2. The fourth-order valence-corrected chi connectivity index (χ4v) is 6.53. The normalized spacial score (nSPS) is 12.0. The van der Waals surface area contributed by atoms with Crippen LogP contribution in [-0.4, -0.2) is 0 Å². The average Bonchev–Trinajstić information content (AvgIpc) is 3.62. The van der Waals surface area contributed by atoms with Gasteiger partial charge in [-0.15, -0.1) is 0 Å². The Labute approximate surface area is 229 Å².